The third-order valence-corrected chi connectivity index (χ3v) is 2.81. The van der Waals surface area contributed by atoms with Gasteiger partial charge in [-0.3, -0.25) is 10.3 Å². The molecule has 1 rings (SSSR count). The quantitative estimate of drug-likeness (QED) is 0.384. The lowest BCUT2D eigenvalue weighted by Gasteiger charge is -2.19. The molecule has 1 aromatic rings. The van der Waals surface area contributed by atoms with Gasteiger partial charge in [-0.25, -0.2) is 0 Å². The molecule has 96 valence electrons. The molecule has 1 aromatic carbocycles. The Bertz CT molecular complexity index is 444. The van der Waals surface area contributed by atoms with Gasteiger partial charge in [0.05, 0.1) is 0 Å². The van der Waals surface area contributed by atoms with Crippen LogP contribution in [0.4, 0.5) is 0 Å². The molecule has 0 saturated heterocycles. The predicted molar refractivity (Wildman–Crippen MR) is 75.6 cm³/mol. The Hall–Kier alpha value is -1.82. The first-order valence-corrected chi connectivity index (χ1v) is 6.19. The number of nitriles is 1. The van der Waals surface area contributed by atoms with Crippen LogP contribution in [0.3, 0.4) is 0 Å². The molecule has 0 saturated carbocycles. The van der Waals surface area contributed by atoms with E-state index in [9.17, 15) is 0 Å². The minimum Gasteiger partial charge on any atom is -0.281 e. The first-order valence-electron chi connectivity index (χ1n) is 6.19. The summed E-state index contributed by atoms with van der Waals surface area (Å²) in [5.74, 6) is 0.670. The normalized spacial score (nSPS) is 12.1. The van der Waals surface area contributed by atoms with Crippen LogP contribution in [-0.2, 0) is 11.8 Å². The molecule has 0 spiro atoms. The van der Waals surface area contributed by atoms with E-state index in [4.69, 9.17) is 5.26 Å². The maximum absolute atomic E-state index is 8.42. The molecule has 0 aromatic heterocycles. The predicted octanol–water partition coefficient (Wildman–Crippen LogP) is 3.02. The number of aliphatic imine (C=N–C) groups is 1. The molecule has 3 heteroatoms. The zero-order chi connectivity index (χ0) is 13.6. The summed E-state index contributed by atoms with van der Waals surface area (Å²) in [5, 5.41) is 10.9. The minimum absolute atomic E-state index is 0.198. The van der Waals surface area contributed by atoms with E-state index in [0.29, 0.717) is 12.4 Å². The van der Waals surface area contributed by atoms with Gasteiger partial charge in [0.2, 0.25) is 0 Å². The van der Waals surface area contributed by atoms with Gasteiger partial charge >= 0.3 is 0 Å². The van der Waals surface area contributed by atoms with Gasteiger partial charge in [0.1, 0.15) is 5.84 Å². The van der Waals surface area contributed by atoms with E-state index < -0.39 is 0 Å². The first-order chi connectivity index (χ1) is 8.43. The summed E-state index contributed by atoms with van der Waals surface area (Å²) in [6, 6.07) is 8.67. The van der Waals surface area contributed by atoms with Gasteiger partial charge in [0.15, 0.2) is 6.19 Å². The van der Waals surface area contributed by atoms with Crippen LogP contribution in [0.1, 0.15) is 38.8 Å². The van der Waals surface area contributed by atoms with Gasteiger partial charge in [0.25, 0.3) is 0 Å². The van der Waals surface area contributed by atoms with Gasteiger partial charge in [-0.1, -0.05) is 45.0 Å². The highest BCUT2D eigenvalue weighted by atomic mass is 15.0. The van der Waals surface area contributed by atoms with Crippen LogP contribution in [0.25, 0.3) is 0 Å². The molecule has 0 atom stereocenters. The third-order valence-electron chi connectivity index (χ3n) is 2.81. The average molecular weight is 243 g/mol. The Kier molecular flexibility index (Phi) is 4.91. The monoisotopic (exact) mass is 243 g/mol. The van der Waals surface area contributed by atoms with Crippen LogP contribution in [0.5, 0.6) is 0 Å². The van der Waals surface area contributed by atoms with Crippen LogP contribution < -0.4 is 5.32 Å². The molecule has 18 heavy (non-hydrogen) atoms. The van der Waals surface area contributed by atoms with Crippen LogP contribution in [0.15, 0.2) is 29.3 Å². The van der Waals surface area contributed by atoms with E-state index in [1.54, 1.807) is 6.92 Å². The third kappa shape index (κ3) is 4.58. The highest BCUT2D eigenvalue weighted by Gasteiger charge is 2.12. The van der Waals surface area contributed by atoms with E-state index in [-0.39, 0.29) is 5.41 Å². The zero-order valence-corrected chi connectivity index (χ0v) is 11.6. The van der Waals surface area contributed by atoms with Crippen molar-refractivity contribution in [2.24, 2.45) is 4.99 Å². The molecule has 0 fully saturated rings. The van der Waals surface area contributed by atoms with E-state index in [0.717, 1.165) is 6.42 Å². The molecule has 0 amide bonds. The fourth-order valence-corrected chi connectivity index (χ4v) is 1.64. The molecular weight excluding hydrogens is 222 g/mol. The van der Waals surface area contributed by atoms with Gasteiger partial charge < -0.3 is 0 Å². The molecular formula is C15H21N3. The van der Waals surface area contributed by atoms with E-state index in [1.807, 2.05) is 6.19 Å². The number of hydrogen-bond donors (Lipinski definition) is 1. The Balaban J connectivity index is 2.55. The van der Waals surface area contributed by atoms with Crippen molar-refractivity contribution >= 4 is 5.84 Å². The highest BCUT2D eigenvalue weighted by molar-refractivity contribution is 5.80. The van der Waals surface area contributed by atoms with Crippen molar-refractivity contribution in [2.75, 3.05) is 6.54 Å². The second-order valence-corrected chi connectivity index (χ2v) is 5.40. The fourth-order valence-electron chi connectivity index (χ4n) is 1.64. The second kappa shape index (κ2) is 6.20. The Morgan fingerprint density at radius 3 is 2.39 bits per heavy atom. The number of amidine groups is 1. The number of hydrogen-bond acceptors (Lipinski definition) is 2. The second-order valence-electron chi connectivity index (χ2n) is 5.40. The lowest BCUT2D eigenvalue weighted by atomic mass is 9.86. The number of rotatable bonds is 3. The maximum atomic E-state index is 8.42. The van der Waals surface area contributed by atoms with Crippen molar-refractivity contribution in [3.63, 3.8) is 0 Å². The average Bonchev–Trinajstić information content (AvgIpc) is 2.29. The lowest BCUT2D eigenvalue weighted by molar-refractivity contribution is 0.590. The summed E-state index contributed by atoms with van der Waals surface area (Å²) in [4.78, 5) is 4.26. The lowest BCUT2D eigenvalue weighted by Crippen LogP contribution is -2.14. The van der Waals surface area contributed by atoms with E-state index >= 15 is 0 Å². The summed E-state index contributed by atoms with van der Waals surface area (Å²) < 4.78 is 0. The molecule has 0 radical (unpaired) electrons. The van der Waals surface area contributed by atoms with E-state index in [2.05, 4.69) is 55.3 Å². The molecule has 0 heterocycles. The van der Waals surface area contributed by atoms with Crippen molar-refractivity contribution in [2.45, 2.75) is 39.5 Å². The standard InChI is InChI=1S/C15H21N3/c1-12(18-11-16)17-10-9-13-5-7-14(8-6-13)15(2,3)4/h5-8H,9-10H2,1-4H3,(H,17,18). The van der Waals surface area contributed by atoms with Crippen LogP contribution in [0.2, 0.25) is 0 Å². The minimum atomic E-state index is 0.198. The molecule has 0 aliphatic rings. The van der Waals surface area contributed by atoms with Crippen molar-refractivity contribution in [1.82, 2.24) is 5.32 Å². The number of benzene rings is 1. The topological polar surface area (TPSA) is 48.2 Å². The molecule has 0 bridgehead atoms. The van der Waals surface area contributed by atoms with Gasteiger partial charge in [0, 0.05) is 6.54 Å². The summed E-state index contributed by atoms with van der Waals surface area (Å²) in [6.07, 6.45) is 2.76. The SMILES string of the molecule is CC(=NCCc1ccc(C(C)(C)C)cc1)NC#N. The van der Waals surface area contributed by atoms with Crippen LogP contribution in [0, 0.1) is 11.5 Å². The maximum Gasteiger partial charge on any atom is 0.182 e. The zero-order valence-electron chi connectivity index (χ0n) is 11.6. The summed E-state index contributed by atoms with van der Waals surface area (Å²) in [7, 11) is 0. The van der Waals surface area contributed by atoms with Crippen LogP contribution >= 0.6 is 0 Å². The largest absolute Gasteiger partial charge is 0.281 e. The molecule has 3 nitrogen and oxygen atoms in total. The molecule has 1 N–H and O–H groups in total. The van der Waals surface area contributed by atoms with Gasteiger partial charge in [-0.15, -0.1) is 0 Å². The molecule has 0 aliphatic heterocycles. The Morgan fingerprint density at radius 1 is 1.28 bits per heavy atom. The van der Waals surface area contributed by atoms with Crippen LogP contribution in [-0.4, -0.2) is 12.4 Å². The van der Waals surface area contributed by atoms with Gasteiger partial charge in [-0.05, 0) is 29.9 Å². The summed E-state index contributed by atoms with van der Waals surface area (Å²) in [6.45, 7) is 9.14. The smallest absolute Gasteiger partial charge is 0.182 e. The molecule has 0 aliphatic carbocycles. The van der Waals surface area contributed by atoms with Crippen molar-refractivity contribution in [3.05, 3.63) is 35.4 Å². The Morgan fingerprint density at radius 2 is 1.89 bits per heavy atom. The summed E-state index contributed by atoms with van der Waals surface area (Å²) in [5.41, 5.74) is 2.82. The number of nitrogens with one attached hydrogen (secondary N) is 1. The van der Waals surface area contributed by atoms with Crippen molar-refractivity contribution < 1.29 is 0 Å². The van der Waals surface area contributed by atoms with Crippen molar-refractivity contribution in [1.29, 1.82) is 5.26 Å². The first kappa shape index (κ1) is 14.2. The van der Waals surface area contributed by atoms with Gasteiger partial charge in [-0.2, -0.15) is 5.26 Å². The Labute approximate surface area is 110 Å². The number of nitrogens with zero attached hydrogens (tertiary/aromatic N) is 2. The fraction of sp³-hybridized carbons (Fsp3) is 0.467. The summed E-state index contributed by atoms with van der Waals surface area (Å²) >= 11 is 0. The highest BCUT2D eigenvalue weighted by Crippen LogP contribution is 2.22. The molecule has 0 unspecified atom stereocenters. The van der Waals surface area contributed by atoms with Crippen molar-refractivity contribution in [3.8, 4) is 6.19 Å². The van der Waals surface area contributed by atoms with E-state index in [1.165, 1.54) is 11.1 Å².